The van der Waals surface area contributed by atoms with E-state index in [9.17, 15) is 9.59 Å². The smallest absolute Gasteiger partial charge is 0.323 e. The van der Waals surface area contributed by atoms with Crippen molar-refractivity contribution in [2.75, 3.05) is 6.54 Å². The van der Waals surface area contributed by atoms with Gasteiger partial charge in [0, 0.05) is 12.1 Å². The monoisotopic (exact) mass is 298 g/mol. The molecule has 0 spiro atoms. The summed E-state index contributed by atoms with van der Waals surface area (Å²) < 4.78 is 0. The van der Waals surface area contributed by atoms with Crippen molar-refractivity contribution in [1.29, 1.82) is 0 Å². The molecule has 1 aliphatic rings. The van der Waals surface area contributed by atoms with Crippen molar-refractivity contribution in [3.8, 4) is 0 Å². The molecule has 0 aromatic carbocycles. The number of urea groups is 1. The summed E-state index contributed by atoms with van der Waals surface area (Å²) in [7, 11) is 0. The van der Waals surface area contributed by atoms with E-state index in [2.05, 4.69) is 19.2 Å². The topological polar surface area (TPSA) is 69.6 Å². The zero-order valence-electron chi connectivity index (χ0n) is 13.6. The first-order valence-corrected chi connectivity index (χ1v) is 8.19. The van der Waals surface area contributed by atoms with Crippen molar-refractivity contribution >= 4 is 12.0 Å². The quantitative estimate of drug-likeness (QED) is 0.722. The van der Waals surface area contributed by atoms with Crippen LogP contribution in [0.25, 0.3) is 0 Å². The minimum atomic E-state index is -0.940. The number of carboxylic acid groups (broad SMARTS) is 1. The van der Waals surface area contributed by atoms with Crippen LogP contribution in [0, 0.1) is 5.92 Å². The molecule has 2 amide bonds. The average molecular weight is 298 g/mol. The summed E-state index contributed by atoms with van der Waals surface area (Å²) >= 11 is 0. The number of hydrogen-bond acceptors (Lipinski definition) is 2. The van der Waals surface area contributed by atoms with E-state index in [1.807, 2.05) is 6.92 Å². The van der Waals surface area contributed by atoms with Crippen LogP contribution in [-0.4, -0.2) is 40.6 Å². The van der Waals surface area contributed by atoms with Gasteiger partial charge in [-0.05, 0) is 32.1 Å². The number of aliphatic carboxylic acids is 1. The second-order valence-corrected chi connectivity index (χ2v) is 6.64. The lowest BCUT2D eigenvalue weighted by Gasteiger charge is -2.29. The van der Waals surface area contributed by atoms with Crippen LogP contribution in [0.5, 0.6) is 0 Å². The van der Waals surface area contributed by atoms with Gasteiger partial charge in [-0.25, -0.2) is 4.79 Å². The molecular weight excluding hydrogens is 268 g/mol. The second kappa shape index (κ2) is 8.90. The lowest BCUT2D eigenvalue weighted by molar-refractivity contribution is -0.138. The molecule has 1 fully saturated rings. The zero-order valence-corrected chi connectivity index (χ0v) is 13.6. The molecule has 1 unspecified atom stereocenters. The first-order valence-electron chi connectivity index (χ1n) is 8.19. The van der Waals surface area contributed by atoms with E-state index in [-0.39, 0.29) is 24.7 Å². The summed E-state index contributed by atoms with van der Waals surface area (Å²) in [6.07, 6.45) is 7.18. The van der Waals surface area contributed by atoms with Crippen molar-refractivity contribution in [3.63, 3.8) is 0 Å². The number of hydrogen-bond donors (Lipinski definition) is 2. The van der Waals surface area contributed by atoms with E-state index < -0.39 is 5.97 Å². The van der Waals surface area contributed by atoms with Gasteiger partial charge >= 0.3 is 12.0 Å². The molecule has 1 aliphatic carbocycles. The van der Waals surface area contributed by atoms with Gasteiger partial charge in [-0.2, -0.15) is 0 Å². The average Bonchev–Trinajstić information content (AvgIpc) is 2.88. The van der Waals surface area contributed by atoms with Gasteiger partial charge in [0.05, 0.1) is 0 Å². The fraction of sp³-hybridized carbons (Fsp3) is 0.875. The minimum absolute atomic E-state index is 0.0870. The highest BCUT2D eigenvalue weighted by Gasteiger charge is 2.28. The lowest BCUT2D eigenvalue weighted by Crippen LogP contribution is -2.49. The van der Waals surface area contributed by atoms with E-state index >= 15 is 0 Å². The fourth-order valence-electron chi connectivity index (χ4n) is 2.93. The molecule has 0 saturated heterocycles. The molecule has 0 aliphatic heterocycles. The van der Waals surface area contributed by atoms with Crippen LogP contribution in [0.3, 0.4) is 0 Å². The summed E-state index contributed by atoms with van der Waals surface area (Å²) in [5.41, 5.74) is 0. The second-order valence-electron chi connectivity index (χ2n) is 6.64. The van der Waals surface area contributed by atoms with Crippen molar-refractivity contribution < 1.29 is 14.7 Å². The molecule has 1 saturated carbocycles. The minimum Gasteiger partial charge on any atom is -0.480 e. The number of nitrogens with one attached hydrogen (secondary N) is 1. The molecule has 21 heavy (non-hydrogen) atoms. The van der Waals surface area contributed by atoms with E-state index in [0.717, 1.165) is 44.9 Å². The summed E-state index contributed by atoms with van der Waals surface area (Å²) in [5.74, 6) is -0.264. The first kappa shape index (κ1) is 17.8. The number of carboxylic acids is 1. The number of rotatable bonds is 8. The fourth-order valence-corrected chi connectivity index (χ4v) is 2.93. The molecule has 2 N–H and O–H groups in total. The molecule has 122 valence electrons. The molecule has 1 atom stereocenters. The maximum absolute atomic E-state index is 12.3. The Hall–Kier alpha value is -1.26. The molecule has 0 bridgehead atoms. The standard InChI is InChI=1S/C16H30N2O3/c1-12(2)7-6-8-13(3)17-16(21)18(11-15(19)20)14-9-4-5-10-14/h12-14H,4-11H2,1-3H3,(H,17,21)(H,19,20). The molecule has 5 heteroatoms. The summed E-state index contributed by atoms with van der Waals surface area (Å²) in [6, 6.07) is -0.0424. The van der Waals surface area contributed by atoms with Gasteiger partial charge in [0.15, 0.2) is 0 Å². The van der Waals surface area contributed by atoms with Gasteiger partial charge in [0.25, 0.3) is 0 Å². The van der Waals surface area contributed by atoms with Gasteiger partial charge in [0.1, 0.15) is 6.54 Å². The Balaban J connectivity index is 2.45. The van der Waals surface area contributed by atoms with E-state index in [1.54, 1.807) is 0 Å². The van der Waals surface area contributed by atoms with Gasteiger partial charge in [-0.15, -0.1) is 0 Å². The van der Waals surface area contributed by atoms with Gasteiger partial charge < -0.3 is 15.3 Å². The van der Waals surface area contributed by atoms with Crippen molar-refractivity contribution in [2.45, 2.75) is 77.8 Å². The maximum Gasteiger partial charge on any atom is 0.323 e. The van der Waals surface area contributed by atoms with Crippen LogP contribution in [0.1, 0.15) is 65.7 Å². The Morgan fingerprint density at radius 1 is 1.19 bits per heavy atom. The number of carbonyl (C=O) groups excluding carboxylic acids is 1. The van der Waals surface area contributed by atoms with Crippen LogP contribution in [-0.2, 0) is 4.79 Å². The summed E-state index contributed by atoms with van der Waals surface area (Å²) in [4.78, 5) is 24.8. The molecular formula is C16H30N2O3. The molecule has 0 radical (unpaired) electrons. The van der Waals surface area contributed by atoms with Crippen molar-refractivity contribution in [3.05, 3.63) is 0 Å². The largest absolute Gasteiger partial charge is 0.480 e. The Morgan fingerprint density at radius 2 is 1.81 bits per heavy atom. The third-order valence-electron chi connectivity index (χ3n) is 4.12. The van der Waals surface area contributed by atoms with Crippen molar-refractivity contribution in [2.24, 2.45) is 5.92 Å². The van der Waals surface area contributed by atoms with Crippen LogP contribution in [0.2, 0.25) is 0 Å². The van der Waals surface area contributed by atoms with Crippen molar-refractivity contribution in [1.82, 2.24) is 10.2 Å². The van der Waals surface area contributed by atoms with E-state index in [4.69, 9.17) is 5.11 Å². The molecule has 0 heterocycles. The Bertz CT molecular complexity index is 338. The maximum atomic E-state index is 12.3. The zero-order chi connectivity index (χ0) is 15.8. The molecule has 0 aromatic heterocycles. The highest BCUT2D eigenvalue weighted by atomic mass is 16.4. The predicted molar refractivity (Wildman–Crippen MR) is 83.3 cm³/mol. The Labute approximate surface area is 128 Å². The van der Waals surface area contributed by atoms with E-state index in [1.165, 1.54) is 4.90 Å². The molecule has 0 aromatic rings. The molecule has 5 nitrogen and oxygen atoms in total. The Kier molecular flexibility index (Phi) is 7.54. The third kappa shape index (κ3) is 6.82. The number of carbonyl (C=O) groups is 2. The predicted octanol–water partition coefficient (Wildman–Crippen LogP) is 3.24. The lowest BCUT2D eigenvalue weighted by atomic mass is 10.0. The van der Waals surface area contributed by atoms with E-state index in [0.29, 0.717) is 5.92 Å². The number of amides is 2. The van der Waals surface area contributed by atoms with Crippen LogP contribution >= 0.6 is 0 Å². The SMILES string of the molecule is CC(C)CCCC(C)NC(=O)N(CC(=O)O)C1CCCC1. The summed E-state index contributed by atoms with van der Waals surface area (Å²) in [6.45, 7) is 6.18. The molecule has 1 rings (SSSR count). The highest BCUT2D eigenvalue weighted by molar-refractivity contribution is 5.80. The van der Waals surface area contributed by atoms with Gasteiger partial charge in [0.2, 0.25) is 0 Å². The third-order valence-corrected chi connectivity index (χ3v) is 4.12. The normalized spacial score (nSPS) is 17.0. The van der Waals surface area contributed by atoms with Crippen LogP contribution in [0.15, 0.2) is 0 Å². The van der Waals surface area contributed by atoms with Crippen LogP contribution < -0.4 is 5.32 Å². The summed E-state index contributed by atoms with van der Waals surface area (Å²) in [5, 5.41) is 12.0. The van der Waals surface area contributed by atoms with Gasteiger partial charge in [-0.3, -0.25) is 4.79 Å². The van der Waals surface area contributed by atoms with Gasteiger partial charge in [-0.1, -0.05) is 39.5 Å². The number of nitrogens with zero attached hydrogens (tertiary/aromatic N) is 1. The Morgan fingerprint density at radius 3 is 2.33 bits per heavy atom. The first-order chi connectivity index (χ1) is 9.90. The highest BCUT2D eigenvalue weighted by Crippen LogP contribution is 2.23. The van der Waals surface area contributed by atoms with Crippen LogP contribution in [0.4, 0.5) is 4.79 Å².